The summed E-state index contributed by atoms with van der Waals surface area (Å²) in [5, 5.41) is 3.31. The fourth-order valence-corrected chi connectivity index (χ4v) is 4.11. The van der Waals surface area contributed by atoms with Crippen LogP contribution < -0.4 is 14.8 Å². The van der Waals surface area contributed by atoms with Crippen LogP contribution in [0.1, 0.15) is 5.56 Å². The van der Waals surface area contributed by atoms with Gasteiger partial charge in [-0.25, -0.2) is 0 Å². The molecule has 0 aliphatic carbocycles. The van der Waals surface area contributed by atoms with Gasteiger partial charge in [0.25, 0.3) is 11.8 Å². The SMILES string of the molecule is C=CCN1C(=O)/C(=C/c2ccc(OCC(=O)Nc3ccc(Cl)cc3)c(OC)c2)SC1=S. The number of methoxy groups -OCH3 is 1. The highest BCUT2D eigenvalue weighted by atomic mass is 35.5. The number of nitrogens with one attached hydrogen (secondary N) is 1. The summed E-state index contributed by atoms with van der Waals surface area (Å²) in [6.07, 6.45) is 3.37. The number of amides is 2. The summed E-state index contributed by atoms with van der Waals surface area (Å²) in [4.78, 5) is 26.6. The molecule has 1 N–H and O–H groups in total. The van der Waals surface area contributed by atoms with E-state index in [2.05, 4.69) is 11.9 Å². The Morgan fingerprint density at radius 1 is 1.26 bits per heavy atom. The normalized spacial score (nSPS) is 14.6. The van der Waals surface area contributed by atoms with Crippen LogP contribution in [0.25, 0.3) is 6.08 Å². The molecule has 1 aliphatic rings. The van der Waals surface area contributed by atoms with Gasteiger partial charge in [0.2, 0.25) is 0 Å². The zero-order valence-corrected chi connectivity index (χ0v) is 19.0. The maximum Gasteiger partial charge on any atom is 0.266 e. The van der Waals surface area contributed by atoms with E-state index in [4.69, 9.17) is 33.3 Å². The van der Waals surface area contributed by atoms with E-state index in [9.17, 15) is 9.59 Å². The van der Waals surface area contributed by atoms with Crippen LogP contribution in [0.15, 0.2) is 60.0 Å². The minimum atomic E-state index is -0.320. The first-order chi connectivity index (χ1) is 14.9. The van der Waals surface area contributed by atoms with Crippen molar-refractivity contribution in [3.63, 3.8) is 0 Å². The van der Waals surface area contributed by atoms with Crippen molar-refractivity contribution in [2.24, 2.45) is 0 Å². The monoisotopic (exact) mass is 474 g/mol. The molecule has 3 rings (SSSR count). The smallest absolute Gasteiger partial charge is 0.266 e. The van der Waals surface area contributed by atoms with Gasteiger partial charge >= 0.3 is 0 Å². The highest BCUT2D eigenvalue weighted by molar-refractivity contribution is 8.26. The number of hydrogen-bond acceptors (Lipinski definition) is 6. The van der Waals surface area contributed by atoms with Gasteiger partial charge in [0.05, 0.1) is 12.0 Å². The molecule has 0 radical (unpaired) electrons. The van der Waals surface area contributed by atoms with Gasteiger partial charge in [-0.2, -0.15) is 0 Å². The second-order valence-electron chi connectivity index (χ2n) is 6.34. The van der Waals surface area contributed by atoms with Crippen LogP contribution in [0.4, 0.5) is 5.69 Å². The van der Waals surface area contributed by atoms with Gasteiger partial charge in [-0.15, -0.1) is 6.58 Å². The van der Waals surface area contributed by atoms with Crippen molar-refractivity contribution in [3.8, 4) is 11.5 Å². The number of halogens is 1. The Morgan fingerprint density at radius 3 is 2.68 bits per heavy atom. The third-order valence-electron chi connectivity index (χ3n) is 4.16. The predicted molar refractivity (Wildman–Crippen MR) is 129 cm³/mol. The molecule has 0 unspecified atom stereocenters. The number of nitrogens with zero attached hydrogens (tertiary/aromatic N) is 1. The first-order valence-electron chi connectivity index (χ1n) is 9.14. The predicted octanol–water partition coefficient (Wildman–Crippen LogP) is 4.75. The van der Waals surface area contributed by atoms with Gasteiger partial charge in [-0.1, -0.05) is 47.7 Å². The summed E-state index contributed by atoms with van der Waals surface area (Å²) in [6, 6.07) is 12.0. The summed E-state index contributed by atoms with van der Waals surface area (Å²) in [5.74, 6) is 0.368. The summed E-state index contributed by atoms with van der Waals surface area (Å²) in [6.45, 7) is 3.82. The molecule has 1 saturated heterocycles. The van der Waals surface area contributed by atoms with Crippen molar-refractivity contribution in [2.45, 2.75) is 0 Å². The van der Waals surface area contributed by atoms with Gasteiger partial charge in [0.1, 0.15) is 4.32 Å². The molecule has 6 nitrogen and oxygen atoms in total. The number of rotatable bonds is 8. The molecular weight excluding hydrogens is 456 g/mol. The summed E-state index contributed by atoms with van der Waals surface area (Å²) >= 11 is 12.3. The molecule has 1 fully saturated rings. The van der Waals surface area contributed by atoms with Crippen molar-refractivity contribution in [2.75, 3.05) is 25.6 Å². The largest absolute Gasteiger partial charge is 0.493 e. The van der Waals surface area contributed by atoms with Crippen molar-refractivity contribution in [3.05, 3.63) is 70.6 Å². The molecule has 0 atom stereocenters. The third kappa shape index (κ3) is 5.88. The number of benzene rings is 2. The van der Waals surface area contributed by atoms with Crippen LogP contribution in [0.2, 0.25) is 5.02 Å². The lowest BCUT2D eigenvalue weighted by molar-refractivity contribution is -0.121. The standard InChI is InChI=1S/C22H19ClN2O4S2/c1-3-10-25-21(27)19(31-22(25)30)12-14-4-9-17(18(11-14)28-2)29-13-20(26)24-16-7-5-15(23)6-8-16/h3-9,11-12H,1,10,13H2,2H3,(H,24,26)/b19-12-. The highest BCUT2D eigenvalue weighted by Crippen LogP contribution is 2.34. The molecular formula is C22H19ClN2O4S2. The number of carbonyl (C=O) groups excluding carboxylic acids is 2. The Kier molecular flexibility index (Phi) is 7.73. The van der Waals surface area contributed by atoms with E-state index in [-0.39, 0.29) is 18.4 Å². The highest BCUT2D eigenvalue weighted by Gasteiger charge is 2.31. The molecule has 1 heterocycles. The molecule has 2 aromatic carbocycles. The van der Waals surface area contributed by atoms with Gasteiger partial charge in [-0.05, 0) is 48.0 Å². The maximum absolute atomic E-state index is 12.5. The van der Waals surface area contributed by atoms with E-state index in [1.54, 1.807) is 54.6 Å². The fourth-order valence-electron chi connectivity index (χ4n) is 2.70. The first-order valence-corrected chi connectivity index (χ1v) is 10.7. The van der Waals surface area contributed by atoms with E-state index >= 15 is 0 Å². The van der Waals surface area contributed by atoms with Crippen molar-refractivity contribution in [1.29, 1.82) is 0 Å². The average Bonchev–Trinajstić information content (AvgIpc) is 3.02. The van der Waals surface area contributed by atoms with Crippen molar-refractivity contribution in [1.82, 2.24) is 4.90 Å². The minimum Gasteiger partial charge on any atom is -0.493 e. The van der Waals surface area contributed by atoms with E-state index in [1.165, 1.54) is 23.8 Å². The maximum atomic E-state index is 12.5. The number of ether oxygens (including phenoxy) is 2. The topological polar surface area (TPSA) is 67.9 Å². The second-order valence-corrected chi connectivity index (χ2v) is 8.45. The van der Waals surface area contributed by atoms with Crippen LogP contribution in [0.5, 0.6) is 11.5 Å². The number of hydrogen-bond donors (Lipinski definition) is 1. The second kappa shape index (κ2) is 10.5. The van der Waals surface area contributed by atoms with Gasteiger partial charge in [-0.3, -0.25) is 14.5 Å². The summed E-state index contributed by atoms with van der Waals surface area (Å²) < 4.78 is 11.5. The Labute approximate surface area is 194 Å². The van der Waals surface area contributed by atoms with Crippen molar-refractivity contribution >= 4 is 63.5 Å². The Hall–Kier alpha value is -2.81. The molecule has 0 aromatic heterocycles. The molecule has 160 valence electrons. The Bertz CT molecular complexity index is 1050. The molecule has 9 heteroatoms. The first kappa shape index (κ1) is 22.9. The molecule has 2 aromatic rings. The zero-order valence-electron chi connectivity index (χ0n) is 16.6. The number of anilines is 1. The molecule has 0 saturated carbocycles. The number of carbonyl (C=O) groups is 2. The molecule has 1 aliphatic heterocycles. The van der Waals surface area contributed by atoms with Gasteiger partial charge in [0.15, 0.2) is 18.1 Å². The average molecular weight is 475 g/mol. The van der Waals surface area contributed by atoms with E-state index in [1.807, 2.05) is 0 Å². The van der Waals surface area contributed by atoms with Crippen LogP contribution in [0.3, 0.4) is 0 Å². The lowest BCUT2D eigenvalue weighted by Gasteiger charge is -2.12. The summed E-state index contributed by atoms with van der Waals surface area (Å²) in [5.41, 5.74) is 1.36. The number of thioether (sulfide) groups is 1. The van der Waals surface area contributed by atoms with E-state index < -0.39 is 0 Å². The zero-order chi connectivity index (χ0) is 22.4. The minimum absolute atomic E-state index is 0.159. The van der Waals surface area contributed by atoms with E-state index in [0.717, 1.165) is 5.56 Å². The van der Waals surface area contributed by atoms with E-state index in [0.29, 0.717) is 38.0 Å². The van der Waals surface area contributed by atoms with Crippen LogP contribution >= 0.6 is 35.6 Å². The van der Waals surface area contributed by atoms with Crippen molar-refractivity contribution < 1.29 is 19.1 Å². The fraction of sp³-hybridized carbons (Fsp3) is 0.136. The molecule has 31 heavy (non-hydrogen) atoms. The third-order valence-corrected chi connectivity index (χ3v) is 5.79. The van der Waals surface area contributed by atoms with Gasteiger partial charge < -0.3 is 14.8 Å². The molecule has 0 bridgehead atoms. The Morgan fingerprint density at radius 2 is 2.00 bits per heavy atom. The molecule has 0 spiro atoms. The van der Waals surface area contributed by atoms with Crippen LogP contribution in [0, 0.1) is 0 Å². The Balaban J connectivity index is 1.66. The lowest BCUT2D eigenvalue weighted by Crippen LogP contribution is -2.27. The van der Waals surface area contributed by atoms with Crippen LogP contribution in [-0.2, 0) is 9.59 Å². The lowest BCUT2D eigenvalue weighted by atomic mass is 10.2. The quantitative estimate of drug-likeness (QED) is 0.338. The summed E-state index contributed by atoms with van der Waals surface area (Å²) in [7, 11) is 1.50. The number of thiocarbonyl (C=S) groups is 1. The van der Waals surface area contributed by atoms with Crippen LogP contribution in [-0.4, -0.2) is 41.3 Å². The molecule has 2 amide bonds. The van der Waals surface area contributed by atoms with Gasteiger partial charge in [0, 0.05) is 17.3 Å².